The largest absolute Gasteiger partial charge is 0.325 e. The molecule has 0 spiro atoms. The number of hydrogen-bond donors (Lipinski definition) is 3. The average Bonchev–Trinajstić information content (AvgIpc) is 3.17. The molecule has 1 aliphatic carbocycles. The van der Waals surface area contributed by atoms with Crippen LogP contribution in [0.1, 0.15) is 25.7 Å². The Morgan fingerprint density at radius 2 is 1.91 bits per heavy atom. The van der Waals surface area contributed by atoms with Crippen molar-refractivity contribution in [2.75, 3.05) is 18.4 Å². The Morgan fingerprint density at radius 1 is 1.18 bits per heavy atom. The molecular weight excluding hydrogens is 302 g/mol. The van der Waals surface area contributed by atoms with Crippen molar-refractivity contribution in [3.63, 3.8) is 0 Å². The number of nitrogens with one attached hydrogen (secondary N) is 3. The molecule has 22 heavy (non-hydrogen) atoms. The topological polar surface area (TPSA) is 87.3 Å². The summed E-state index contributed by atoms with van der Waals surface area (Å²) in [6.45, 7) is 1.37. The molecule has 0 aromatic heterocycles. The van der Waals surface area contributed by atoms with Gasteiger partial charge in [-0.2, -0.15) is 0 Å². The Bertz CT molecular complexity index is 633. The molecule has 1 atom stereocenters. The first-order valence-corrected chi connectivity index (χ1v) is 9.17. The van der Waals surface area contributed by atoms with Gasteiger partial charge in [0.2, 0.25) is 15.9 Å². The van der Waals surface area contributed by atoms with Crippen LogP contribution in [0.4, 0.5) is 5.69 Å². The predicted octanol–water partition coefficient (Wildman–Crippen LogP) is 1.07. The highest BCUT2D eigenvalue weighted by Crippen LogP contribution is 2.28. The molecule has 0 bridgehead atoms. The number of benzene rings is 1. The maximum absolute atomic E-state index is 12.1. The SMILES string of the molecule is O=C(Nc1ccc(S(=O)(=O)NCC2CC2)cc1)C1CCCN1. The maximum Gasteiger partial charge on any atom is 0.241 e. The number of hydrogen-bond acceptors (Lipinski definition) is 4. The highest BCUT2D eigenvalue weighted by atomic mass is 32.2. The number of carbonyl (C=O) groups is 1. The lowest BCUT2D eigenvalue weighted by Crippen LogP contribution is -2.35. The zero-order valence-electron chi connectivity index (χ0n) is 12.3. The van der Waals surface area contributed by atoms with Crippen molar-refractivity contribution in [2.45, 2.75) is 36.6 Å². The van der Waals surface area contributed by atoms with E-state index in [4.69, 9.17) is 0 Å². The Labute approximate surface area is 130 Å². The monoisotopic (exact) mass is 323 g/mol. The number of anilines is 1. The van der Waals surface area contributed by atoms with Gasteiger partial charge in [-0.15, -0.1) is 0 Å². The second-order valence-electron chi connectivity index (χ2n) is 5.96. The number of amides is 1. The van der Waals surface area contributed by atoms with Crippen molar-refractivity contribution in [3.05, 3.63) is 24.3 Å². The molecule has 2 fully saturated rings. The number of carbonyl (C=O) groups excluding carboxylic acids is 1. The molecule has 1 amide bonds. The standard InChI is InChI=1S/C15H21N3O3S/c19-15(14-2-1-9-16-14)18-12-5-7-13(8-6-12)22(20,21)17-10-11-3-4-11/h5-8,11,14,16-17H,1-4,9-10H2,(H,18,19). The van der Waals surface area contributed by atoms with Gasteiger partial charge < -0.3 is 10.6 Å². The van der Waals surface area contributed by atoms with Gasteiger partial charge in [0.25, 0.3) is 0 Å². The summed E-state index contributed by atoms with van der Waals surface area (Å²) < 4.78 is 26.8. The van der Waals surface area contributed by atoms with Crippen LogP contribution in [0.25, 0.3) is 0 Å². The molecule has 7 heteroatoms. The van der Waals surface area contributed by atoms with Crippen molar-refractivity contribution in [3.8, 4) is 0 Å². The van der Waals surface area contributed by atoms with Gasteiger partial charge in [0, 0.05) is 12.2 Å². The normalized spacial score (nSPS) is 21.7. The minimum atomic E-state index is -3.45. The zero-order valence-corrected chi connectivity index (χ0v) is 13.2. The van der Waals surface area contributed by atoms with Crippen LogP contribution in [0.2, 0.25) is 0 Å². The Hall–Kier alpha value is -1.44. The molecule has 0 radical (unpaired) electrons. The predicted molar refractivity (Wildman–Crippen MR) is 84.0 cm³/mol. The fraction of sp³-hybridized carbons (Fsp3) is 0.533. The van der Waals surface area contributed by atoms with Crippen molar-refractivity contribution < 1.29 is 13.2 Å². The van der Waals surface area contributed by atoms with E-state index in [0.29, 0.717) is 18.2 Å². The summed E-state index contributed by atoms with van der Waals surface area (Å²) in [6, 6.07) is 6.14. The second-order valence-corrected chi connectivity index (χ2v) is 7.72. The van der Waals surface area contributed by atoms with E-state index in [1.807, 2.05) is 0 Å². The Morgan fingerprint density at radius 3 is 2.50 bits per heavy atom. The molecule has 1 heterocycles. The van der Waals surface area contributed by atoms with E-state index < -0.39 is 10.0 Å². The van der Waals surface area contributed by atoms with E-state index in [-0.39, 0.29) is 16.8 Å². The van der Waals surface area contributed by atoms with Gasteiger partial charge in [0.15, 0.2) is 0 Å². The molecule has 1 aromatic rings. The van der Waals surface area contributed by atoms with Crippen molar-refractivity contribution in [1.82, 2.24) is 10.0 Å². The van der Waals surface area contributed by atoms with Crippen LogP contribution in [0.15, 0.2) is 29.2 Å². The van der Waals surface area contributed by atoms with E-state index in [0.717, 1.165) is 32.2 Å². The quantitative estimate of drug-likeness (QED) is 0.731. The highest BCUT2D eigenvalue weighted by Gasteiger charge is 2.24. The molecule has 3 rings (SSSR count). The zero-order chi connectivity index (χ0) is 15.6. The lowest BCUT2D eigenvalue weighted by atomic mass is 10.2. The van der Waals surface area contributed by atoms with Crippen LogP contribution < -0.4 is 15.4 Å². The second kappa shape index (κ2) is 6.36. The molecule has 1 unspecified atom stereocenters. The molecule has 120 valence electrons. The van der Waals surface area contributed by atoms with Gasteiger partial charge in [-0.25, -0.2) is 13.1 Å². The molecule has 3 N–H and O–H groups in total. The van der Waals surface area contributed by atoms with Gasteiger partial charge in [-0.05, 0) is 62.4 Å². The lowest BCUT2D eigenvalue weighted by Gasteiger charge is -2.12. The van der Waals surface area contributed by atoms with Gasteiger partial charge in [-0.3, -0.25) is 4.79 Å². The minimum absolute atomic E-state index is 0.0695. The molecule has 1 saturated carbocycles. The van der Waals surface area contributed by atoms with E-state index >= 15 is 0 Å². The van der Waals surface area contributed by atoms with E-state index in [1.165, 1.54) is 12.1 Å². The molecule has 1 aromatic carbocycles. The van der Waals surface area contributed by atoms with Crippen molar-refractivity contribution in [2.24, 2.45) is 5.92 Å². The van der Waals surface area contributed by atoms with Gasteiger partial charge in [-0.1, -0.05) is 0 Å². The highest BCUT2D eigenvalue weighted by molar-refractivity contribution is 7.89. The van der Waals surface area contributed by atoms with E-state index in [1.54, 1.807) is 12.1 Å². The smallest absolute Gasteiger partial charge is 0.241 e. The average molecular weight is 323 g/mol. The minimum Gasteiger partial charge on any atom is -0.325 e. The first kappa shape index (κ1) is 15.5. The first-order chi connectivity index (χ1) is 10.5. The maximum atomic E-state index is 12.1. The first-order valence-electron chi connectivity index (χ1n) is 7.68. The van der Waals surface area contributed by atoms with Crippen LogP contribution in [0.5, 0.6) is 0 Å². The summed E-state index contributed by atoms with van der Waals surface area (Å²) in [5.74, 6) is 0.423. The number of rotatable bonds is 6. The molecule has 1 saturated heterocycles. The third kappa shape index (κ3) is 3.85. The Kier molecular flexibility index (Phi) is 4.46. The van der Waals surface area contributed by atoms with Crippen LogP contribution in [-0.2, 0) is 14.8 Å². The van der Waals surface area contributed by atoms with E-state index in [2.05, 4.69) is 15.4 Å². The fourth-order valence-electron chi connectivity index (χ4n) is 2.49. The number of sulfonamides is 1. The third-order valence-electron chi connectivity index (χ3n) is 4.07. The summed E-state index contributed by atoms with van der Waals surface area (Å²) in [5.41, 5.74) is 0.611. The third-order valence-corrected chi connectivity index (χ3v) is 5.51. The molecule has 1 aliphatic heterocycles. The summed E-state index contributed by atoms with van der Waals surface area (Å²) in [5, 5.41) is 5.93. The molecule has 6 nitrogen and oxygen atoms in total. The van der Waals surface area contributed by atoms with Gasteiger partial charge in [0.1, 0.15) is 0 Å². The summed E-state index contributed by atoms with van der Waals surface area (Å²) in [7, 11) is -3.45. The molecule has 2 aliphatic rings. The van der Waals surface area contributed by atoms with Gasteiger partial charge >= 0.3 is 0 Å². The van der Waals surface area contributed by atoms with Crippen LogP contribution in [0.3, 0.4) is 0 Å². The van der Waals surface area contributed by atoms with Crippen LogP contribution in [-0.4, -0.2) is 33.5 Å². The molecular formula is C15H21N3O3S. The summed E-state index contributed by atoms with van der Waals surface area (Å²) in [6.07, 6.45) is 4.04. The van der Waals surface area contributed by atoms with Crippen LogP contribution in [0, 0.1) is 5.92 Å². The van der Waals surface area contributed by atoms with E-state index in [9.17, 15) is 13.2 Å². The summed E-state index contributed by atoms with van der Waals surface area (Å²) >= 11 is 0. The van der Waals surface area contributed by atoms with Gasteiger partial charge in [0.05, 0.1) is 10.9 Å². The van der Waals surface area contributed by atoms with Crippen molar-refractivity contribution >= 4 is 21.6 Å². The van der Waals surface area contributed by atoms with Crippen LogP contribution >= 0.6 is 0 Å². The summed E-state index contributed by atoms with van der Waals surface area (Å²) in [4.78, 5) is 12.2. The fourth-order valence-corrected chi connectivity index (χ4v) is 3.60. The van der Waals surface area contributed by atoms with Crippen molar-refractivity contribution in [1.29, 1.82) is 0 Å². The lowest BCUT2D eigenvalue weighted by molar-refractivity contribution is -0.117. The Balaban J connectivity index is 1.60.